The molecule has 6 rings (SSSR count). The van der Waals surface area contributed by atoms with Gasteiger partial charge in [0.15, 0.2) is 0 Å². The van der Waals surface area contributed by atoms with Crippen molar-refractivity contribution in [3.05, 3.63) is 106 Å². The van der Waals surface area contributed by atoms with Crippen LogP contribution in [-0.4, -0.2) is 46.4 Å². The topological polar surface area (TPSA) is 51.4 Å². The van der Waals surface area contributed by atoms with E-state index in [9.17, 15) is 22.4 Å². The molecule has 0 bridgehead atoms. The Kier molecular flexibility index (Phi) is 7.57. The Bertz CT molecular complexity index is 1520. The fraction of sp³-hybridized carbons (Fsp3) is 0.344. The van der Waals surface area contributed by atoms with Crippen LogP contribution in [0.1, 0.15) is 51.1 Å². The molecule has 2 N–H and O–H groups in total. The number of nitrogens with one attached hydrogen (secondary N) is 2. The van der Waals surface area contributed by atoms with E-state index in [0.717, 1.165) is 86.1 Å². The van der Waals surface area contributed by atoms with Crippen molar-refractivity contribution >= 4 is 16.8 Å². The third-order valence-corrected chi connectivity index (χ3v) is 8.25. The van der Waals surface area contributed by atoms with E-state index in [0.29, 0.717) is 12.1 Å². The van der Waals surface area contributed by atoms with Gasteiger partial charge < -0.3 is 10.3 Å². The quantitative estimate of drug-likeness (QED) is 0.271. The Labute approximate surface area is 236 Å². The van der Waals surface area contributed by atoms with Gasteiger partial charge in [0.05, 0.1) is 5.56 Å². The lowest BCUT2D eigenvalue weighted by molar-refractivity contribution is -0.137. The number of halogens is 4. The molecule has 1 saturated heterocycles. The van der Waals surface area contributed by atoms with Crippen LogP contribution in [0, 0.1) is 5.82 Å². The first kappa shape index (κ1) is 27.5. The smallest absolute Gasteiger partial charge is 0.358 e. The molecule has 0 spiro atoms. The van der Waals surface area contributed by atoms with Crippen molar-refractivity contribution in [2.24, 2.45) is 0 Å². The Hall–Kier alpha value is -3.69. The molecule has 3 heterocycles. The number of fused-ring (bicyclic) bond motifs is 3. The normalized spacial score (nSPS) is 17.1. The van der Waals surface area contributed by atoms with E-state index in [4.69, 9.17) is 0 Å². The Morgan fingerprint density at radius 3 is 2.22 bits per heavy atom. The summed E-state index contributed by atoms with van der Waals surface area (Å²) < 4.78 is 51.8. The van der Waals surface area contributed by atoms with Crippen molar-refractivity contribution in [1.82, 2.24) is 20.1 Å². The maximum absolute atomic E-state index is 13.3. The van der Waals surface area contributed by atoms with Crippen LogP contribution in [0.5, 0.6) is 0 Å². The van der Waals surface area contributed by atoms with E-state index >= 15 is 0 Å². The van der Waals surface area contributed by atoms with Gasteiger partial charge in [-0.25, -0.2) is 4.39 Å². The maximum Gasteiger partial charge on any atom is 0.416 e. The second-order valence-electron chi connectivity index (χ2n) is 11.1. The molecule has 1 aromatic heterocycles. The molecule has 0 unspecified atom stereocenters. The maximum atomic E-state index is 13.3. The zero-order chi connectivity index (χ0) is 28.6. The molecule has 0 saturated carbocycles. The van der Waals surface area contributed by atoms with Gasteiger partial charge in [-0.3, -0.25) is 14.6 Å². The van der Waals surface area contributed by atoms with Crippen LogP contribution >= 0.6 is 0 Å². The number of rotatable bonds is 6. The lowest BCUT2D eigenvalue weighted by Crippen LogP contribution is -2.44. The first-order chi connectivity index (χ1) is 19.7. The van der Waals surface area contributed by atoms with Crippen molar-refractivity contribution in [3.8, 4) is 0 Å². The lowest BCUT2D eigenvalue weighted by Gasteiger charge is -2.32. The highest BCUT2D eigenvalue weighted by molar-refractivity contribution is 5.99. The highest BCUT2D eigenvalue weighted by Crippen LogP contribution is 2.31. The molecule has 5 nitrogen and oxygen atoms in total. The molecular formula is C32H32F4N4O. The Balaban J connectivity index is 1.05. The molecule has 9 heteroatoms. The fourth-order valence-electron chi connectivity index (χ4n) is 5.96. The van der Waals surface area contributed by atoms with Crippen LogP contribution in [0.2, 0.25) is 0 Å². The summed E-state index contributed by atoms with van der Waals surface area (Å²) in [5.41, 5.74) is 5.34. The van der Waals surface area contributed by atoms with Gasteiger partial charge in [0, 0.05) is 73.9 Å². The van der Waals surface area contributed by atoms with Gasteiger partial charge >= 0.3 is 6.18 Å². The van der Waals surface area contributed by atoms with Gasteiger partial charge in [-0.2, -0.15) is 13.2 Å². The van der Waals surface area contributed by atoms with Crippen molar-refractivity contribution in [2.45, 2.75) is 51.1 Å². The van der Waals surface area contributed by atoms with Crippen molar-refractivity contribution < 1.29 is 22.4 Å². The number of likely N-dealkylation sites (tertiary alicyclic amines) is 1. The molecule has 0 aliphatic carbocycles. The predicted octanol–water partition coefficient (Wildman–Crippen LogP) is 6.28. The van der Waals surface area contributed by atoms with Crippen LogP contribution in [0.3, 0.4) is 0 Å². The standard InChI is InChI=1S/C32H32F4N4O/c33-25-8-3-22(4-9-25)19-40-16-13-30-28(20-40)27-17-23(5-10-29(27)38-30)31(41)37-26-11-14-39(15-12-26)18-21-1-6-24(7-2-21)32(34,35)36/h1-10,17,26,38H,11-16,18-20H2,(H,37,41). The molecule has 1 fully saturated rings. The SMILES string of the molecule is O=C(NC1CCN(Cc2ccc(C(F)(F)F)cc2)CC1)c1ccc2[nH]c3c(c2c1)CN(Cc1ccc(F)cc1)CC3. The van der Waals surface area contributed by atoms with E-state index in [1.807, 2.05) is 30.3 Å². The summed E-state index contributed by atoms with van der Waals surface area (Å²) in [5, 5.41) is 4.24. The third kappa shape index (κ3) is 6.31. The second kappa shape index (κ2) is 11.3. The minimum atomic E-state index is -4.33. The Morgan fingerprint density at radius 1 is 0.878 bits per heavy atom. The zero-order valence-corrected chi connectivity index (χ0v) is 22.6. The van der Waals surface area contributed by atoms with E-state index < -0.39 is 11.7 Å². The number of aromatic amines is 1. The zero-order valence-electron chi connectivity index (χ0n) is 22.6. The van der Waals surface area contributed by atoms with Crippen LogP contribution < -0.4 is 5.32 Å². The number of hydrogen-bond acceptors (Lipinski definition) is 3. The Morgan fingerprint density at radius 2 is 1.54 bits per heavy atom. The van der Waals surface area contributed by atoms with Crippen molar-refractivity contribution in [1.29, 1.82) is 0 Å². The highest BCUT2D eigenvalue weighted by Gasteiger charge is 2.30. The number of nitrogens with zero attached hydrogens (tertiary/aromatic N) is 2. The molecule has 2 aliphatic rings. The van der Waals surface area contributed by atoms with E-state index in [1.54, 1.807) is 0 Å². The second-order valence-corrected chi connectivity index (χ2v) is 11.1. The minimum Gasteiger partial charge on any atom is -0.358 e. The van der Waals surface area contributed by atoms with Gasteiger partial charge in [-0.05, 0) is 72.0 Å². The average Bonchev–Trinajstić information content (AvgIpc) is 3.32. The van der Waals surface area contributed by atoms with Gasteiger partial charge in [-0.1, -0.05) is 24.3 Å². The summed E-state index contributed by atoms with van der Waals surface area (Å²) in [7, 11) is 0. The minimum absolute atomic E-state index is 0.0494. The van der Waals surface area contributed by atoms with Crippen LogP contribution in [0.4, 0.5) is 17.6 Å². The third-order valence-electron chi connectivity index (χ3n) is 8.25. The number of H-pyrrole nitrogens is 1. The summed E-state index contributed by atoms with van der Waals surface area (Å²) in [6, 6.07) is 17.8. The molecule has 41 heavy (non-hydrogen) atoms. The van der Waals surface area contributed by atoms with Gasteiger partial charge in [0.2, 0.25) is 0 Å². The number of carbonyl (C=O) groups is 1. The number of hydrogen-bond donors (Lipinski definition) is 2. The molecule has 3 aromatic carbocycles. The van der Waals surface area contributed by atoms with Crippen LogP contribution in [0.25, 0.3) is 10.9 Å². The molecule has 4 aromatic rings. The van der Waals surface area contributed by atoms with E-state index in [1.165, 1.54) is 35.5 Å². The molecular weight excluding hydrogens is 532 g/mol. The summed E-state index contributed by atoms with van der Waals surface area (Å²) >= 11 is 0. The van der Waals surface area contributed by atoms with E-state index in [2.05, 4.69) is 20.1 Å². The van der Waals surface area contributed by atoms with Gasteiger partial charge in [0.25, 0.3) is 5.91 Å². The summed E-state index contributed by atoms with van der Waals surface area (Å²) in [4.78, 5) is 21.3. The van der Waals surface area contributed by atoms with Crippen LogP contribution in [-0.2, 0) is 32.2 Å². The lowest BCUT2D eigenvalue weighted by atomic mass is 10.0. The first-order valence-electron chi connectivity index (χ1n) is 14.0. The summed E-state index contributed by atoms with van der Waals surface area (Å²) in [6.07, 6.45) is -1.87. The summed E-state index contributed by atoms with van der Waals surface area (Å²) in [5.74, 6) is -0.331. The first-order valence-corrected chi connectivity index (χ1v) is 14.0. The average molecular weight is 565 g/mol. The van der Waals surface area contributed by atoms with Crippen molar-refractivity contribution in [3.63, 3.8) is 0 Å². The fourth-order valence-corrected chi connectivity index (χ4v) is 5.96. The highest BCUT2D eigenvalue weighted by atomic mass is 19.4. The molecule has 0 radical (unpaired) electrons. The monoisotopic (exact) mass is 564 g/mol. The number of aromatic nitrogens is 1. The van der Waals surface area contributed by atoms with Crippen molar-refractivity contribution in [2.75, 3.05) is 19.6 Å². The van der Waals surface area contributed by atoms with E-state index in [-0.39, 0.29) is 17.8 Å². The number of piperidine rings is 1. The van der Waals surface area contributed by atoms with Gasteiger partial charge in [0.1, 0.15) is 5.82 Å². The predicted molar refractivity (Wildman–Crippen MR) is 150 cm³/mol. The number of benzene rings is 3. The molecule has 1 amide bonds. The van der Waals surface area contributed by atoms with Crippen LogP contribution in [0.15, 0.2) is 66.7 Å². The summed E-state index contributed by atoms with van der Waals surface area (Å²) in [6.45, 7) is 4.52. The number of alkyl halides is 3. The molecule has 2 aliphatic heterocycles. The van der Waals surface area contributed by atoms with Gasteiger partial charge in [-0.15, -0.1) is 0 Å². The molecule has 0 atom stereocenters. The molecule has 214 valence electrons. The number of amides is 1. The largest absolute Gasteiger partial charge is 0.416 e. The number of carbonyl (C=O) groups excluding carboxylic acids is 1.